The summed E-state index contributed by atoms with van der Waals surface area (Å²) in [6, 6.07) is 15.3. The number of benzene rings is 2. The third-order valence-corrected chi connectivity index (χ3v) is 6.29. The highest BCUT2D eigenvalue weighted by atomic mass is 32.1. The van der Waals surface area contributed by atoms with E-state index in [2.05, 4.69) is 23.4 Å². The molecule has 1 aromatic heterocycles. The Bertz CT molecular complexity index is 848. The van der Waals surface area contributed by atoms with Crippen molar-refractivity contribution < 1.29 is 9.46 Å². The molecule has 0 saturated heterocycles. The van der Waals surface area contributed by atoms with Gasteiger partial charge in [0.15, 0.2) is 5.44 Å². The maximum atomic E-state index is 13.1. The third kappa shape index (κ3) is 3.00. The standard InChI is InChI=1S/C17H17N2O2PS/c1-12(2)14-9-6-10-15(17(14)13-7-4-3-5-8-13)22(20,21)16-11-23-19-18-16/h3-12H,1-2H3,(H,20,21). The van der Waals surface area contributed by atoms with Crippen molar-refractivity contribution in [2.45, 2.75) is 19.8 Å². The van der Waals surface area contributed by atoms with Crippen molar-refractivity contribution >= 4 is 29.6 Å². The molecule has 0 amide bonds. The van der Waals surface area contributed by atoms with Gasteiger partial charge in [-0.15, -0.1) is 5.10 Å². The Morgan fingerprint density at radius 1 is 1.09 bits per heavy atom. The number of aromatic nitrogens is 2. The van der Waals surface area contributed by atoms with Crippen LogP contribution in [0.3, 0.4) is 0 Å². The molecular formula is C17H17N2O2PS. The van der Waals surface area contributed by atoms with Crippen molar-refractivity contribution in [2.75, 3.05) is 0 Å². The van der Waals surface area contributed by atoms with Crippen molar-refractivity contribution in [1.82, 2.24) is 9.59 Å². The highest BCUT2D eigenvalue weighted by molar-refractivity contribution is 7.73. The average molecular weight is 344 g/mol. The van der Waals surface area contributed by atoms with Crippen molar-refractivity contribution in [1.29, 1.82) is 0 Å². The first kappa shape index (κ1) is 16.1. The first-order valence-electron chi connectivity index (χ1n) is 7.31. The van der Waals surface area contributed by atoms with E-state index in [1.54, 1.807) is 6.07 Å². The minimum absolute atomic E-state index is 0.139. The van der Waals surface area contributed by atoms with Gasteiger partial charge in [-0.3, -0.25) is 4.57 Å². The van der Waals surface area contributed by atoms with Gasteiger partial charge in [0.25, 0.3) is 7.37 Å². The van der Waals surface area contributed by atoms with Gasteiger partial charge in [-0.25, -0.2) is 0 Å². The first-order chi connectivity index (χ1) is 11.0. The molecule has 1 unspecified atom stereocenters. The van der Waals surface area contributed by atoms with E-state index in [9.17, 15) is 9.46 Å². The molecule has 1 atom stereocenters. The van der Waals surface area contributed by atoms with Gasteiger partial charge in [-0.2, -0.15) is 0 Å². The second kappa shape index (κ2) is 6.36. The summed E-state index contributed by atoms with van der Waals surface area (Å²) in [5.74, 6) is 0.235. The fourth-order valence-corrected chi connectivity index (χ4v) is 4.99. The van der Waals surface area contributed by atoms with Crippen LogP contribution in [-0.2, 0) is 4.57 Å². The largest absolute Gasteiger partial charge is 0.337 e. The van der Waals surface area contributed by atoms with E-state index < -0.39 is 7.37 Å². The van der Waals surface area contributed by atoms with Crippen LogP contribution in [0.2, 0.25) is 0 Å². The minimum atomic E-state index is -3.78. The summed E-state index contributed by atoms with van der Waals surface area (Å²) in [4.78, 5) is 10.8. The lowest BCUT2D eigenvalue weighted by molar-refractivity contribution is 0.500. The Morgan fingerprint density at radius 3 is 2.43 bits per heavy atom. The lowest BCUT2D eigenvalue weighted by Crippen LogP contribution is -2.20. The molecule has 23 heavy (non-hydrogen) atoms. The summed E-state index contributed by atoms with van der Waals surface area (Å²) in [7, 11) is -3.78. The quantitative estimate of drug-likeness (QED) is 0.735. The number of nitrogens with zero attached hydrogens (tertiary/aromatic N) is 2. The van der Waals surface area contributed by atoms with Gasteiger partial charge < -0.3 is 4.89 Å². The maximum Gasteiger partial charge on any atom is 0.280 e. The predicted octanol–water partition coefficient (Wildman–Crippen LogP) is 3.55. The molecule has 0 spiro atoms. The Morgan fingerprint density at radius 2 is 1.83 bits per heavy atom. The van der Waals surface area contributed by atoms with Gasteiger partial charge in [-0.05, 0) is 40.2 Å². The topological polar surface area (TPSA) is 63.1 Å². The highest BCUT2D eigenvalue weighted by Crippen LogP contribution is 2.43. The van der Waals surface area contributed by atoms with E-state index in [4.69, 9.17) is 0 Å². The zero-order valence-corrected chi connectivity index (χ0v) is 14.6. The summed E-state index contributed by atoms with van der Waals surface area (Å²) >= 11 is 1.08. The molecule has 1 heterocycles. The predicted molar refractivity (Wildman–Crippen MR) is 95.0 cm³/mol. The van der Waals surface area contributed by atoms with Crippen LogP contribution in [0.5, 0.6) is 0 Å². The second-order valence-electron chi connectivity index (χ2n) is 5.60. The highest BCUT2D eigenvalue weighted by Gasteiger charge is 2.31. The number of rotatable bonds is 4. The van der Waals surface area contributed by atoms with E-state index in [-0.39, 0.29) is 11.4 Å². The van der Waals surface area contributed by atoms with E-state index >= 15 is 0 Å². The molecule has 118 valence electrons. The lowest BCUT2D eigenvalue weighted by atomic mass is 9.92. The van der Waals surface area contributed by atoms with Crippen LogP contribution < -0.4 is 10.7 Å². The van der Waals surface area contributed by atoms with E-state index in [0.717, 1.165) is 28.2 Å². The molecule has 1 N–H and O–H groups in total. The molecule has 0 radical (unpaired) electrons. The van der Waals surface area contributed by atoms with E-state index in [1.807, 2.05) is 42.5 Å². The van der Waals surface area contributed by atoms with Crippen LogP contribution in [-0.4, -0.2) is 14.5 Å². The van der Waals surface area contributed by atoms with Gasteiger partial charge in [0.2, 0.25) is 0 Å². The van der Waals surface area contributed by atoms with Crippen molar-refractivity contribution in [3.8, 4) is 11.1 Å². The van der Waals surface area contributed by atoms with Crippen LogP contribution >= 0.6 is 18.9 Å². The molecule has 3 aromatic rings. The average Bonchev–Trinajstić information content (AvgIpc) is 3.10. The van der Waals surface area contributed by atoms with Crippen LogP contribution in [0.1, 0.15) is 25.3 Å². The molecule has 0 aliphatic heterocycles. The SMILES string of the molecule is CC(C)c1cccc(P(=O)(O)c2csnn2)c1-c1ccccc1. The van der Waals surface area contributed by atoms with E-state index in [0.29, 0.717) is 5.30 Å². The van der Waals surface area contributed by atoms with Gasteiger partial charge in [-0.1, -0.05) is 60.8 Å². The minimum Gasteiger partial charge on any atom is -0.337 e. The molecule has 3 rings (SSSR count). The molecule has 0 aliphatic rings. The smallest absolute Gasteiger partial charge is 0.280 e. The van der Waals surface area contributed by atoms with Gasteiger partial charge >= 0.3 is 0 Å². The van der Waals surface area contributed by atoms with E-state index in [1.165, 1.54) is 5.38 Å². The van der Waals surface area contributed by atoms with Crippen LogP contribution in [0.25, 0.3) is 11.1 Å². The summed E-state index contributed by atoms with van der Waals surface area (Å²) in [6.45, 7) is 4.16. The van der Waals surface area contributed by atoms with Crippen LogP contribution in [0.15, 0.2) is 53.9 Å². The van der Waals surface area contributed by atoms with Gasteiger partial charge in [0, 0.05) is 5.38 Å². The molecular weight excluding hydrogens is 327 g/mol. The Balaban J connectivity index is 2.30. The number of hydrogen-bond donors (Lipinski definition) is 1. The summed E-state index contributed by atoms with van der Waals surface area (Å²) in [5.41, 5.74) is 2.94. The monoisotopic (exact) mass is 344 g/mol. The third-order valence-electron chi connectivity index (χ3n) is 3.74. The number of hydrogen-bond acceptors (Lipinski definition) is 4. The molecule has 0 fully saturated rings. The summed E-state index contributed by atoms with van der Waals surface area (Å²) in [5, 5.41) is 5.79. The van der Waals surface area contributed by atoms with Crippen molar-refractivity contribution in [3.05, 3.63) is 59.5 Å². The Labute approximate surface area is 139 Å². The summed E-state index contributed by atoms with van der Waals surface area (Å²) < 4.78 is 16.8. The molecule has 4 nitrogen and oxygen atoms in total. The molecule has 0 aliphatic carbocycles. The van der Waals surface area contributed by atoms with Crippen LogP contribution in [0, 0.1) is 0 Å². The fourth-order valence-electron chi connectivity index (χ4n) is 2.63. The second-order valence-corrected chi connectivity index (χ2v) is 8.30. The molecule has 2 aromatic carbocycles. The Kier molecular flexibility index (Phi) is 4.44. The zero-order valence-electron chi connectivity index (χ0n) is 12.9. The Hall–Kier alpha value is -1.81. The van der Waals surface area contributed by atoms with Crippen molar-refractivity contribution in [2.24, 2.45) is 0 Å². The zero-order chi connectivity index (χ0) is 16.4. The molecule has 6 heteroatoms. The summed E-state index contributed by atoms with van der Waals surface area (Å²) in [6.07, 6.45) is 0. The van der Waals surface area contributed by atoms with Crippen molar-refractivity contribution in [3.63, 3.8) is 0 Å². The van der Waals surface area contributed by atoms with Crippen LogP contribution in [0.4, 0.5) is 0 Å². The molecule has 0 bridgehead atoms. The van der Waals surface area contributed by atoms with Gasteiger partial charge in [0.05, 0.1) is 5.30 Å². The lowest BCUT2D eigenvalue weighted by Gasteiger charge is -2.20. The molecule has 0 saturated carbocycles. The normalized spacial score (nSPS) is 13.9. The fraction of sp³-hybridized carbons (Fsp3) is 0.176. The maximum absolute atomic E-state index is 13.1. The first-order valence-corrected chi connectivity index (χ1v) is 9.80. The van der Waals surface area contributed by atoms with Gasteiger partial charge in [0.1, 0.15) is 0 Å².